The van der Waals surface area contributed by atoms with E-state index in [0.29, 0.717) is 32.8 Å². The van der Waals surface area contributed by atoms with E-state index < -0.39 is 11.7 Å². The molecule has 1 N–H and O–H groups in total. The maximum absolute atomic E-state index is 13.1. The number of para-hydroxylation sites is 1. The van der Waals surface area contributed by atoms with E-state index in [0.717, 1.165) is 0 Å². The third-order valence-electron chi connectivity index (χ3n) is 4.71. The Hall–Kier alpha value is -3.33. The Balaban J connectivity index is 1.84. The largest absolute Gasteiger partial charge is 0.493 e. The molecule has 2 aromatic rings. The van der Waals surface area contributed by atoms with Crippen LogP contribution in [0.1, 0.15) is 33.3 Å². The normalized spacial score (nSPS) is 16.1. The molecule has 0 atom stereocenters. The maximum atomic E-state index is 13.1. The highest BCUT2D eigenvalue weighted by molar-refractivity contribution is 8.18. The lowest BCUT2D eigenvalue weighted by Gasteiger charge is -2.20. The van der Waals surface area contributed by atoms with Gasteiger partial charge in [-0.1, -0.05) is 12.1 Å². The fourth-order valence-corrected chi connectivity index (χ4v) is 4.45. The molecule has 180 valence electrons. The number of ether oxygens (including phenoxy) is 2. The summed E-state index contributed by atoms with van der Waals surface area (Å²) in [5.41, 5.74) is 1.05. The molecule has 0 radical (unpaired) electrons. The number of methoxy groups -OCH3 is 1. The molecule has 0 aromatic heterocycles. The monoisotopic (exact) mass is 485 g/mol. The molecule has 0 bridgehead atoms. The van der Waals surface area contributed by atoms with E-state index in [1.165, 1.54) is 43.1 Å². The van der Waals surface area contributed by atoms with Crippen molar-refractivity contribution in [2.24, 2.45) is 4.99 Å². The molecule has 0 saturated carbocycles. The minimum absolute atomic E-state index is 0.0420. The standard InChI is InChI=1S/C25H28FN3O4S/c1-15(2)27-25-29(16(3)4)24(31)21(34-25)13-17-7-6-8-20(32-5)23(17)33-14-22(30)28-19-11-9-18(26)10-12-19/h6-13,15-16H,14H2,1-5H3,(H,28,30)/b21-13+,27-25?. The van der Waals surface area contributed by atoms with Crippen LogP contribution in [0.4, 0.5) is 10.1 Å². The number of carbonyl (C=O) groups is 2. The van der Waals surface area contributed by atoms with Gasteiger partial charge in [-0.3, -0.25) is 19.5 Å². The number of rotatable bonds is 8. The van der Waals surface area contributed by atoms with Gasteiger partial charge < -0.3 is 14.8 Å². The highest BCUT2D eigenvalue weighted by Gasteiger charge is 2.35. The number of carbonyl (C=O) groups excluding carboxylic acids is 2. The van der Waals surface area contributed by atoms with Gasteiger partial charge in [-0.25, -0.2) is 4.39 Å². The zero-order valence-electron chi connectivity index (χ0n) is 19.8. The zero-order chi connectivity index (χ0) is 24.8. The van der Waals surface area contributed by atoms with Crippen molar-refractivity contribution in [2.45, 2.75) is 39.8 Å². The summed E-state index contributed by atoms with van der Waals surface area (Å²) >= 11 is 1.31. The summed E-state index contributed by atoms with van der Waals surface area (Å²) < 4.78 is 24.3. The zero-order valence-corrected chi connectivity index (χ0v) is 20.6. The van der Waals surface area contributed by atoms with E-state index in [1.807, 2.05) is 27.7 Å². The molecule has 2 aromatic carbocycles. The number of nitrogens with zero attached hydrogens (tertiary/aromatic N) is 2. The average molecular weight is 486 g/mol. The maximum Gasteiger partial charge on any atom is 0.266 e. The minimum atomic E-state index is -0.417. The topological polar surface area (TPSA) is 80.2 Å². The van der Waals surface area contributed by atoms with Crippen molar-refractivity contribution in [2.75, 3.05) is 19.0 Å². The van der Waals surface area contributed by atoms with Gasteiger partial charge in [0.05, 0.1) is 12.0 Å². The van der Waals surface area contributed by atoms with Crippen molar-refractivity contribution in [3.63, 3.8) is 0 Å². The van der Waals surface area contributed by atoms with Gasteiger partial charge in [0.25, 0.3) is 11.8 Å². The van der Waals surface area contributed by atoms with Crippen LogP contribution in [0.25, 0.3) is 6.08 Å². The fraction of sp³-hybridized carbons (Fsp3) is 0.320. The van der Waals surface area contributed by atoms with Crippen LogP contribution in [-0.4, -0.2) is 47.7 Å². The first-order valence-corrected chi connectivity index (χ1v) is 11.7. The number of anilines is 1. The van der Waals surface area contributed by atoms with Crippen molar-refractivity contribution in [3.8, 4) is 11.5 Å². The molecule has 1 aliphatic rings. The third kappa shape index (κ3) is 6.17. The quantitative estimate of drug-likeness (QED) is 0.536. The van der Waals surface area contributed by atoms with Crippen molar-refractivity contribution in [1.82, 2.24) is 4.90 Å². The van der Waals surface area contributed by atoms with Crippen LogP contribution in [0.3, 0.4) is 0 Å². The molecule has 2 amide bonds. The van der Waals surface area contributed by atoms with Crippen molar-refractivity contribution >= 4 is 40.5 Å². The Kier molecular flexibility index (Phi) is 8.33. The van der Waals surface area contributed by atoms with Gasteiger partial charge in [-0.15, -0.1) is 0 Å². The van der Waals surface area contributed by atoms with E-state index in [2.05, 4.69) is 10.3 Å². The predicted octanol–water partition coefficient (Wildman–Crippen LogP) is 4.94. The van der Waals surface area contributed by atoms with Gasteiger partial charge in [-0.05, 0) is 75.9 Å². The minimum Gasteiger partial charge on any atom is -0.493 e. The van der Waals surface area contributed by atoms with Gasteiger partial charge in [-0.2, -0.15) is 0 Å². The lowest BCUT2D eigenvalue weighted by molar-refractivity contribution is -0.123. The predicted molar refractivity (Wildman–Crippen MR) is 134 cm³/mol. The molecule has 1 saturated heterocycles. The summed E-state index contributed by atoms with van der Waals surface area (Å²) in [4.78, 5) is 32.2. The highest BCUT2D eigenvalue weighted by atomic mass is 32.2. The van der Waals surface area contributed by atoms with E-state index in [1.54, 1.807) is 29.2 Å². The molecule has 1 heterocycles. The molecule has 0 spiro atoms. The second-order valence-corrected chi connectivity index (χ2v) is 9.12. The average Bonchev–Trinajstić information content (AvgIpc) is 3.08. The number of benzene rings is 2. The number of halogens is 1. The number of aliphatic imine (C=N–C) groups is 1. The summed E-state index contributed by atoms with van der Waals surface area (Å²) in [6.07, 6.45) is 1.72. The molecular weight excluding hydrogens is 457 g/mol. The van der Waals surface area contributed by atoms with Crippen LogP contribution >= 0.6 is 11.8 Å². The second kappa shape index (κ2) is 11.2. The summed E-state index contributed by atoms with van der Waals surface area (Å²) in [6.45, 7) is 7.51. The Bertz CT molecular complexity index is 1110. The molecule has 0 unspecified atom stereocenters. The van der Waals surface area contributed by atoms with Crippen LogP contribution in [-0.2, 0) is 9.59 Å². The number of thioether (sulfide) groups is 1. The molecular formula is C25H28FN3O4S. The molecule has 34 heavy (non-hydrogen) atoms. The summed E-state index contributed by atoms with van der Waals surface area (Å²) in [5, 5.41) is 3.31. The van der Waals surface area contributed by atoms with Gasteiger partial charge in [0.1, 0.15) is 5.82 Å². The first kappa shape index (κ1) is 25.3. The van der Waals surface area contributed by atoms with Gasteiger partial charge >= 0.3 is 0 Å². The van der Waals surface area contributed by atoms with Crippen molar-refractivity contribution in [3.05, 3.63) is 58.8 Å². The van der Waals surface area contributed by atoms with Crippen LogP contribution in [0.2, 0.25) is 0 Å². The fourth-order valence-electron chi connectivity index (χ4n) is 3.22. The number of nitrogens with one attached hydrogen (secondary N) is 1. The Morgan fingerprint density at radius 2 is 1.88 bits per heavy atom. The summed E-state index contributed by atoms with van der Waals surface area (Å²) in [7, 11) is 1.50. The second-order valence-electron chi connectivity index (χ2n) is 8.11. The molecule has 3 rings (SSSR count). The molecule has 9 heteroatoms. The van der Waals surface area contributed by atoms with Crippen LogP contribution in [0, 0.1) is 5.82 Å². The van der Waals surface area contributed by atoms with Crippen LogP contribution in [0.15, 0.2) is 52.4 Å². The molecule has 1 fully saturated rings. The van der Waals surface area contributed by atoms with E-state index in [4.69, 9.17) is 9.47 Å². The first-order chi connectivity index (χ1) is 16.2. The number of amidine groups is 1. The van der Waals surface area contributed by atoms with Crippen LogP contribution in [0.5, 0.6) is 11.5 Å². The van der Waals surface area contributed by atoms with Crippen molar-refractivity contribution < 1.29 is 23.5 Å². The Labute approximate surface area is 203 Å². The van der Waals surface area contributed by atoms with E-state index in [9.17, 15) is 14.0 Å². The molecule has 0 aliphatic carbocycles. The first-order valence-electron chi connectivity index (χ1n) is 10.9. The third-order valence-corrected chi connectivity index (χ3v) is 5.71. The highest BCUT2D eigenvalue weighted by Crippen LogP contribution is 2.38. The van der Waals surface area contributed by atoms with Gasteiger partial charge in [0.2, 0.25) is 0 Å². The smallest absolute Gasteiger partial charge is 0.266 e. The summed E-state index contributed by atoms with van der Waals surface area (Å²) in [5.74, 6) is -0.179. The molecule has 1 aliphatic heterocycles. The van der Waals surface area contributed by atoms with Crippen molar-refractivity contribution in [1.29, 1.82) is 0 Å². The number of hydrogen-bond acceptors (Lipinski definition) is 6. The van der Waals surface area contributed by atoms with Gasteiger partial charge in [0, 0.05) is 23.3 Å². The van der Waals surface area contributed by atoms with E-state index >= 15 is 0 Å². The SMILES string of the molecule is COc1cccc(/C=C2/SC(=NC(C)C)N(C(C)C)C2=O)c1OCC(=O)Nc1ccc(F)cc1. The number of amides is 2. The lowest BCUT2D eigenvalue weighted by atomic mass is 10.1. The van der Waals surface area contributed by atoms with E-state index in [-0.39, 0.29) is 24.6 Å². The number of hydrogen-bond donors (Lipinski definition) is 1. The lowest BCUT2D eigenvalue weighted by Crippen LogP contribution is -2.35. The van der Waals surface area contributed by atoms with Gasteiger partial charge in [0.15, 0.2) is 23.3 Å². The Morgan fingerprint density at radius 3 is 2.50 bits per heavy atom. The van der Waals surface area contributed by atoms with Crippen LogP contribution < -0.4 is 14.8 Å². The molecule has 7 nitrogen and oxygen atoms in total. The Morgan fingerprint density at radius 1 is 1.18 bits per heavy atom. The summed E-state index contributed by atoms with van der Waals surface area (Å²) in [6, 6.07) is 10.7.